The van der Waals surface area contributed by atoms with Gasteiger partial charge in [-0.15, -0.1) is 0 Å². The highest BCUT2D eigenvalue weighted by atomic mass is 35.5. The molecule has 1 unspecified atom stereocenters. The summed E-state index contributed by atoms with van der Waals surface area (Å²) in [6.07, 6.45) is 4.68. The molecule has 1 atom stereocenters. The van der Waals surface area contributed by atoms with Crippen molar-refractivity contribution in [3.8, 4) is 11.1 Å². The van der Waals surface area contributed by atoms with Crippen LogP contribution in [0.15, 0.2) is 80.7 Å². The molecule has 0 aliphatic carbocycles. The monoisotopic (exact) mass is 560 g/mol. The Kier molecular flexibility index (Phi) is 7.74. The number of carbonyl (C=O) groups excluding carboxylic acids is 1. The van der Waals surface area contributed by atoms with Crippen molar-refractivity contribution in [2.75, 3.05) is 5.73 Å². The van der Waals surface area contributed by atoms with Crippen molar-refractivity contribution in [1.29, 1.82) is 0 Å². The van der Waals surface area contributed by atoms with Gasteiger partial charge in [0.05, 0.1) is 22.8 Å². The Morgan fingerprint density at radius 3 is 2.64 bits per heavy atom. The van der Waals surface area contributed by atoms with Gasteiger partial charge in [-0.05, 0) is 79.1 Å². The summed E-state index contributed by atoms with van der Waals surface area (Å²) in [7, 11) is 0. The summed E-state index contributed by atoms with van der Waals surface area (Å²) in [6, 6.07) is 17.0. The first-order valence-electron chi connectivity index (χ1n) is 12.0. The molecular weight excluding hydrogens is 536 g/mol. The number of halogens is 1. The number of anilines is 1. The number of aliphatic hydroxyl groups is 1. The third-order valence-corrected chi connectivity index (χ3v) is 7.35. The van der Waals surface area contributed by atoms with E-state index in [-0.39, 0.29) is 12.5 Å². The number of fused-ring (bicyclic) bond motifs is 1. The average Bonchev–Trinajstić information content (AvgIpc) is 3.50. The molecule has 3 aromatic heterocycles. The number of amides is 1. The van der Waals surface area contributed by atoms with E-state index in [2.05, 4.69) is 15.5 Å². The molecule has 0 bridgehead atoms. The van der Waals surface area contributed by atoms with Gasteiger partial charge >= 0.3 is 0 Å². The molecule has 0 saturated carbocycles. The summed E-state index contributed by atoms with van der Waals surface area (Å²) in [5.41, 5.74) is 9.39. The fraction of sp³-hybridized carbons (Fsp3) is 0.138. The second kappa shape index (κ2) is 11.4. The van der Waals surface area contributed by atoms with Crippen molar-refractivity contribution in [3.63, 3.8) is 0 Å². The smallest absolute Gasteiger partial charge is 0.244 e. The Morgan fingerprint density at radius 1 is 1.15 bits per heavy atom. The van der Waals surface area contributed by atoms with Crippen LogP contribution >= 0.6 is 23.4 Å². The number of pyridine rings is 1. The van der Waals surface area contributed by atoms with E-state index in [0.717, 1.165) is 27.0 Å². The number of carbonyl (C=O) groups is 1. The van der Waals surface area contributed by atoms with Crippen LogP contribution < -0.4 is 11.1 Å². The molecule has 0 aliphatic heterocycles. The molecule has 5 rings (SSSR count). The lowest BCUT2D eigenvalue weighted by atomic mass is 10.0. The largest absolute Gasteiger partial charge is 0.458 e. The second-order valence-electron chi connectivity index (χ2n) is 8.89. The summed E-state index contributed by atoms with van der Waals surface area (Å²) in [5, 5.41) is 18.7. The quantitative estimate of drug-likeness (QED) is 0.112. The van der Waals surface area contributed by atoms with Gasteiger partial charge in [0.25, 0.3) is 0 Å². The molecule has 0 radical (unpaired) electrons. The third-order valence-electron chi connectivity index (χ3n) is 6.07. The van der Waals surface area contributed by atoms with Crippen LogP contribution in [0.4, 0.5) is 5.82 Å². The molecule has 5 aromatic rings. The molecule has 0 spiro atoms. The lowest BCUT2D eigenvalue weighted by Gasteiger charge is -2.11. The number of thioether (sulfide) groups is 1. The summed E-state index contributed by atoms with van der Waals surface area (Å²) in [4.78, 5) is 17.1. The molecule has 4 N–H and O–H groups in total. The Morgan fingerprint density at radius 2 is 1.95 bits per heavy atom. The highest BCUT2D eigenvalue weighted by Crippen LogP contribution is 2.38. The molecule has 0 fully saturated rings. The van der Waals surface area contributed by atoms with Gasteiger partial charge in [-0.25, -0.2) is 4.98 Å². The van der Waals surface area contributed by atoms with Gasteiger partial charge in [0.1, 0.15) is 22.8 Å². The second-order valence-corrected chi connectivity index (χ2v) is 10.4. The highest BCUT2D eigenvalue weighted by molar-refractivity contribution is 7.99. The zero-order valence-electron chi connectivity index (χ0n) is 21.1. The maximum absolute atomic E-state index is 12.2. The summed E-state index contributed by atoms with van der Waals surface area (Å²) in [5.74, 6) is 1.35. The standard InChI is InChI=1S/C29H25ClN4O4S/c1-16-27(17(2)38-34-16)29(36)39-23-7-5-19(6-8-23)20-11-21-12-22(37-28(21)24(30)13-20)15-33-26(35)10-4-18-3-9-25(31)32-14-18/h3-14,29,36H,15H2,1-2H3,(H2,31,32)(H,33,35)/b10-4+. The minimum absolute atomic E-state index is 0.211. The predicted molar refractivity (Wildman–Crippen MR) is 153 cm³/mol. The van der Waals surface area contributed by atoms with E-state index in [1.807, 2.05) is 49.4 Å². The maximum atomic E-state index is 12.2. The first-order valence-corrected chi connectivity index (χ1v) is 13.3. The number of aryl methyl sites for hydroxylation is 2. The van der Waals surface area contributed by atoms with Gasteiger partial charge in [-0.2, -0.15) is 0 Å². The normalized spacial score (nSPS) is 12.3. The number of nitrogens with one attached hydrogen (secondary N) is 1. The van der Waals surface area contributed by atoms with Crippen molar-refractivity contribution in [3.05, 3.63) is 100 Å². The van der Waals surface area contributed by atoms with Crippen molar-refractivity contribution in [1.82, 2.24) is 15.5 Å². The van der Waals surface area contributed by atoms with E-state index in [1.54, 1.807) is 31.3 Å². The van der Waals surface area contributed by atoms with Crippen LogP contribution in [0.25, 0.3) is 28.2 Å². The minimum atomic E-state index is -0.775. The number of nitrogens with zero attached hydrogens (tertiary/aromatic N) is 2. The van der Waals surface area contributed by atoms with Crippen LogP contribution in [-0.2, 0) is 11.3 Å². The zero-order valence-corrected chi connectivity index (χ0v) is 22.7. The number of nitrogens with two attached hydrogens (primary N) is 1. The number of furan rings is 1. The fourth-order valence-corrected chi connectivity index (χ4v) is 5.36. The molecule has 39 heavy (non-hydrogen) atoms. The van der Waals surface area contributed by atoms with E-state index < -0.39 is 5.44 Å². The van der Waals surface area contributed by atoms with E-state index in [1.165, 1.54) is 17.8 Å². The topological polar surface area (TPSA) is 127 Å². The van der Waals surface area contributed by atoms with Crippen LogP contribution in [-0.4, -0.2) is 21.2 Å². The fourth-order valence-electron chi connectivity index (χ4n) is 4.09. The molecule has 2 aromatic carbocycles. The van der Waals surface area contributed by atoms with E-state index in [9.17, 15) is 9.90 Å². The molecule has 0 aliphatic rings. The SMILES string of the molecule is Cc1noc(C)c1C(O)Sc1ccc(-c2cc(Cl)c3oc(CNC(=O)/C=C/c4ccc(N)nc4)cc3c2)cc1. The molecule has 8 nitrogen and oxygen atoms in total. The van der Waals surface area contributed by atoms with Gasteiger partial charge in [-0.3, -0.25) is 4.79 Å². The number of hydrogen-bond donors (Lipinski definition) is 3. The van der Waals surface area contributed by atoms with E-state index in [0.29, 0.717) is 39.2 Å². The Hall–Kier alpha value is -4.05. The van der Waals surface area contributed by atoms with E-state index >= 15 is 0 Å². The molecule has 3 heterocycles. The van der Waals surface area contributed by atoms with Gasteiger partial charge in [0.2, 0.25) is 5.91 Å². The van der Waals surface area contributed by atoms with Crippen molar-refractivity contribution in [2.24, 2.45) is 0 Å². The van der Waals surface area contributed by atoms with Crippen molar-refractivity contribution < 1.29 is 18.8 Å². The summed E-state index contributed by atoms with van der Waals surface area (Å²) >= 11 is 7.86. The van der Waals surface area contributed by atoms with Crippen molar-refractivity contribution >= 4 is 52.1 Å². The number of aromatic nitrogens is 2. The van der Waals surface area contributed by atoms with Crippen LogP contribution in [0.5, 0.6) is 0 Å². The van der Waals surface area contributed by atoms with Gasteiger partial charge < -0.3 is 25.1 Å². The van der Waals surface area contributed by atoms with Gasteiger partial charge in [-0.1, -0.05) is 40.7 Å². The highest BCUT2D eigenvalue weighted by Gasteiger charge is 2.19. The molecule has 0 saturated heterocycles. The lowest BCUT2D eigenvalue weighted by Crippen LogP contribution is -2.19. The summed E-state index contributed by atoms with van der Waals surface area (Å²) < 4.78 is 11.1. The number of aliphatic hydroxyl groups excluding tert-OH is 1. The number of benzene rings is 2. The first-order chi connectivity index (χ1) is 18.8. The Labute approximate surface area is 233 Å². The molecular formula is C29H25ClN4O4S. The minimum Gasteiger partial charge on any atom is -0.458 e. The van der Waals surface area contributed by atoms with Crippen LogP contribution in [0.1, 0.15) is 33.8 Å². The predicted octanol–water partition coefficient (Wildman–Crippen LogP) is 6.45. The molecule has 10 heteroatoms. The Bertz CT molecular complexity index is 1640. The van der Waals surface area contributed by atoms with E-state index in [4.69, 9.17) is 26.3 Å². The lowest BCUT2D eigenvalue weighted by molar-refractivity contribution is -0.116. The van der Waals surface area contributed by atoms with Crippen LogP contribution in [0.2, 0.25) is 5.02 Å². The Balaban J connectivity index is 1.25. The first kappa shape index (κ1) is 26.6. The maximum Gasteiger partial charge on any atom is 0.244 e. The van der Waals surface area contributed by atoms with Gasteiger partial charge in [0, 0.05) is 22.6 Å². The van der Waals surface area contributed by atoms with Crippen molar-refractivity contribution in [2.45, 2.75) is 30.7 Å². The summed E-state index contributed by atoms with van der Waals surface area (Å²) in [6.45, 7) is 3.81. The van der Waals surface area contributed by atoms with Crippen LogP contribution in [0.3, 0.4) is 0 Å². The average molecular weight is 561 g/mol. The number of nitrogen functional groups attached to an aromatic ring is 1. The third kappa shape index (κ3) is 6.17. The molecule has 198 valence electrons. The van der Waals surface area contributed by atoms with Crippen LogP contribution in [0, 0.1) is 13.8 Å². The van der Waals surface area contributed by atoms with Gasteiger partial charge in [0.15, 0.2) is 5.58 Å². The number of hydrogen-bond acceptors (Lipinski definition) is 8. The molecule has 1 amide bonds. The number of rotatable bonds is 8. The zero-order chi connectivity index (χ0) is 27.5.